The number of amides is 2. The molecule has 8 heteroatoms. The van der Waals surface area contributed by atoms with Crippen LogP contribution in [0.2, 0.25) is 5.02 Å². The van der Waals surface area contributed by atoms with Gasteiger partial charge in [0.1, 0.15) is 5.70 Å². The number of nitrogens with zero attached hydrogens (tertiary/aromatic N) is 1. The van der Waals surface area contributed by atoms with E-state index in [2.05, 4.69) is 10.6 Å². The zero-order valence-electron chi connectivity index (χ0n) is 14.1. The summed E-state index contributed by atoms with van der Waals surface area (Å²) >= 11 is 6.04. The molecule has 0 heterocycles. The van der Waals surface area contributed by atoms with Crippen molar-refractivity contribution in [2.24, 2.45) is 0 Å². The van der Waals surface area contributed by atoms with E-state index in [0.29, 0.717) is 21.8 Å². The predicted octanol–water partition coefficient (Wildman–Crippen LogP) is 3.67. The summed E-state index contributed by atoms with van der Waals surface area (Å²) in [6.07, 6.45) is 1.36. The van der Waals surface area contributed by atoms with Crippen molar-refractivity contribution in [3.05, 3.63) is 74.4 Å². The van der Waals surface area contributed by atoms with E-state index in [0.717, 1.165) is 0 Å². The highest BCUT2D eigenvalue weighted by molar-refractivity contribution is 6.31. The van der Waals surface area contributed by atoms with Gasteiger partial charge in [0.15, 0.2) is 0 Å². The predicted molar refractivity (Wildman–Crippen MR) is 99.7 cm³/mol. The van der Waals surface area contributed by atoms with Gasteiger partial charge in [-0.2, -0.15) is 0 Å². The molecule has 0 fully saturated rings. The van der Waals surface area contributed by atoms with E-state index in [1.807, 2.05) is 0 Å². The van der Waals surface area contributed by atoms with Crippen LogP contribution in [0.15, 0.2) is 48.2 Å². The lowest BCUT2D eigenvalue weighted by atomic mass is 10.1. The summed E-state index contributed by atoms with van der Waals surface area (Å²) in [5.41, 5.74) is 1.42. The van der Waals surface area contributed by atoms with Crippen molar-refractivity contribution in [1.82, 2.24) is 5.32 Å². The molecule has 2 amide bonds. The van der Waals surface area contributed by atoms with Gasteiger partial charge in [0.2, 0.25) is 5.91 Å². The number of carbonyl (C=O) groups excluding carboxylic acids is 2. The molecule has 2 N–H and O–H groups in total. The summed E-state index contributed by atoms with van der Waals surface area (Å²) in [6.45, 7) is 3.01. The Morgan fingerprint density at radius 2 is 1.88 bits per heavy atom. The fourth-order valence-electron chi connectivity index (χ4n) is 2.18. The SMILES string of the molecule is CC(=O)NC(=Cc1cccc([N+](=O)[O-])c1)C(=O)Nc1cccc(Cl)c1C. The quantitative estimate of drug-likeness (QED) is 0.474. The Morgan fingerprint density at radius 1 is 1.19 bits per heavy atom. The molecule has 0 saturated carbocycles. The second kappa shape index (κ2) is 8.26. The van der Waals surface area contributed by atoms with Gasteiger partial charge < -0.3 is 10.6 Å². The summed E-state index contributed by atoms with van der Waals surface area (Å²) in [4.78, 5) is 34.3. The van der Waals surface area contributed by atoms with Crippen LogP contribution in [-0.4, -0.2) is 16.7 Å². The molecule has 7 nitrogen and oxygen atoms in total. The van der Waals surface area contributed by atoms with Crippen molar-refractivity contribution in [3.63, 3.8) is 0 Å². The first-order valence-corrected chi connectivity index (χ1v) is 7.96. The Labute approximate surface area is 154 Å². The van der Waals surface area contributed by atoms with E-state index in [4.69, 9.17) is 11.6 Å². The molecule has 2 aromatic rings. The van der Waals surface area contributed by atoms with Crippen molar-refractivity contribution in [1.29, 1.82) is 0 Å². The van der Waals surface area contributed by atoms with Gasteiger partial charge in [-0.3, -0.25) is 19.7 Å². The zero-order chi connectivity index (χ0) is 19.3. The van der Waals surface area contributed by atoms with Gasteiger partial charge in [-0.15, -0.1) is 0 Å². The van der Waals surface area contributed by atoms with Crippen LogP contribution in [-0.2, 0) is 9.59 Å². The van der Waals surface area contributed by atoms with E-state index in [1.165, 1.54) is 31.2 Å². The molecule has 0 saturated heterocycles. The third-order valence-corrected chi connectivity index (χ3v) is 3.87. The average molecular weight is 374 g/mol. The van der Waals surface area contributed by atoms with Crippen LogP contribution in [0, 0.1) is 17.0 Å². The molecule has 0 bridgehead atoms. The van der Waals surface area contributed by atoms with Crippen LogP contribution >= 0.6 is 11.6 Å². The second-order valence-electron chi connectivity index (χ2n) is 5.46. The topological polar surface area (TPSA) is 101 Å². The monoisotopic (exact) mass is 373 g/mol. The highest BCUT2D eigenvalue weighted by Gasteiger charge is 2.14. The molecule has 0 spiro atoms. The Bertz CT molecular complexity index is 909. The highest BCUT2D eigenvalue weighted by Crippen LogP contribution is 2.23. The van der Waals surface area contributed by atoms with E-state index in [-0.39, 0.29) is 11.4 Å². The zero-order valence-corrected chi connectivity index (χ0v) is 14.8. The molecule has 26 heavy (non-hydrogen) atoms. The fourth-order valence-corrected chi connectivity index (χ4v) is 2.35. The highest BCUT2D eigenvalue weighted by atomic mass is 35.5. The number of nitro benzene ring substituents is 1. The minimum Gasteiger partial charge on any atom is -0.322 e. The minimum atomic E-state index is -0.572. The molecule has 0 aliphatic heterocycles. The lowest BCUT2D eigenvalue weighted by Crippen LogP contribution is -2.29. The molecule has 0 aliphatic carbocycles. The van der Waals surface area contributed by atoms with Gasteiger partial charge >= 0.3 is 0 Å². The molecule has 2 rings (SSSR count). The normalized spacial score (nSPS) is 11.0. The molecule has 134 valence electrons. The fraction of sp³-hybridized carbons (Fsp3) is 0.111. The number of nitro groups is 1. The van der Waals surface area contributed by atoms with Gasteiger partial charge in [0.25, 0.3) is 11.6 Å². The number of hydrogen-bond donors (Lipinski definition) is 2. The molecule has 0 aromatic heterocycles. The van der Waals surface area contributed by atoms with Crippen molar-refractivity contribution in [2.45, 2.75) is 13.8 Å². The van der Waals surface area contributed by atoms with E-state index in [9.17, 15) is 19.7 Å². The maximum absolute atomic E-state index is 12.6. The average Bonchev–Trinajstić information content (AvgIpc) is 2.58. The summed E-state index contributed by atoms with van der Waals surface area (Å²) < 4.78 is 0. The Morgan fingerprint density at radius 3 is 2.54 bits per heavy atom. The lowest BCUT2D eigenvalue weighted by Gasteiger charge is -2.12. The third-order valence-electron chi connectivity index (χ3n) is 3.46. The number of anilines is 1. The van der Waals surface area contributed by atoms with E-state index >= 15 is 0 Å². The van der Waals surface area contributed by atoms with E-state index in [1.54, 1.807) is 31.2 Å². The van der Waals surface area contributed by atoms with Crippen molar-refractivity contribution in [2.75, 3.05) is 5.32 Å². The first kappa shape index (κ1) is 19.1. The van der Waals surface area contributed by atoms with Crippen LogP contribution in [0.5, 0.6) is 0 Å². The summed E-state index contributed by atoms with van der Waals surface area (Å²) in [7, 11) is 0. The Balaban J connectivity index is 2.35. The smallest absolute Gasteiger partial charge is 0.272 e. The molecular formula is C18H16ClN3O4. The number of nitrogens with one attached hydrogen (secondary N) is 2. The first-order valence-electron chi connectivity index (χ1n) is 7.58. The summed E-state index contributed by atoms with van der Waals surface area (Å²) in [5, 5.41) is 16.5. The van der Waals surface area contributed by atoms with Gasteiger partial charge in [-0.1, -0.05) is 29.8 Å². The standard InChI is InChI=1S/C18H16ClN3O4/c1-11-15(19)7-4-8-16(11)21-18(24)17(20-12(2)23)10-13-5-3-6-14(9-13)22(25)26/h3-10H,1-2H3,(H,20,23)(H,21,24). The van der Waals surface area contributed by atoms with Gasteiger partial charge in [-0.05, 0) is 36.3 Å². The van der Waals surface area contributed by atoms with Crippen LogP contribution in [0.4, 0.5) is 11.4 Å². The summed E-state index contributed by atoms with van der Waals surface area (Å²) in [5.74, 6) is -1.02. The second-order valence-corrected chi connectivity index (χ2v) is 5.87. The molecule has 2 aromatic carbocycles. The number of rotatable bonds is 5. The minimum absolute atomic E-state index is 0.0441. The maximum atomic E-state index is 12.6. The van der Waals surface area contributed by atoms with Crippen molar-refractivity contribution in [3.8, 4) is 0 Å². The Kier molecular flexibility index (Phi) is 6.08. The van der Waals surface area contributed by atoms with Gasteiger partial charge in [0.05, 0.1) is 4.92 Å². The maximum Gasteiger partial charge on any atom is 0.272 e. The summed E-state index contributed by atoms with van der Waals surface area (Å²) in [6, 6.07) is 10.8. The largest absolute Gasteiger partial charge is 0.322 e. The van der Waals surface area contributed by atoms with Crippen LogP contribution < -0.4 is 10.6 Å². The number of carbonyl (C=O) groups is 2. The number of hydrogen-bond acceptors (Lipinski definition) is 4. The molecular weight excluding hydrogens is 358 g/mol. The first-order chi connectivity index (χ1) is 12.3. The molecule has 0 unspecified atom stereocenters. The van der Waals surface area contributed by atoms with Crippen molar-refractivity contribution < 1.29 is 14.5 Å². The third kappa shape index (κ3) is 4.90. The Hall–Kier alpha value is -3.19. The molecule has 0 atom stereocenters. The molecule has 0 radical (unpaired) electrons. The van der Waals surface area contributed by atoms with E-state index < -0.39 is 16.7 Å². The molecule has 0 aliphatic rings. The lowest BCUT2D eigenvalue weighted by molar-refractivity contribution is -0.384. The van der Waals surface area contributed by atoms with Crippen LogP contribution in [0.1, 0.15) is 18.1 Å². The van der Waals surface area contributed by atoms with Crippen molar-refractivity contribution >= 4 is 40.9 Å². The number of halogens is 1. The van der Waals surface area contributed by atoms with Gasteiger partial charge in [-0.25, -0.2) is 0 Å². The van der Waals surface area contributed by atoms with Gasteiger partial charge in [0, 0.05) is 29.8 Å². The van der Waals surface area contributed by atoms with Crippen LogP contribution in [0.25, 0.3) is 6.08 Å². The van der Waals surface area contributed by atoms with Crippen LogP contribution in [0.3, 0.4) is 0 Å². The number of benzene rings is 2. The number of non-ortho nitro benzene ring substituents is 1.